The predicted octanol–water partition coefficient (Wildman–Crippen LogP) is 3.57. The summed E-state index contributed by atoms with van der Waals surface area (Å²) in [7, 11) is 0. The van der Waals surface area contributed by atoms with Crippen molar-refractivity contribution in [3.63, 3.8) is 0 Å². The zero-order valence-corrected chi connectivity index (χ0v) is 11.5. The molecule has 0 aromatic carbocycles. The molecule has 1 aromatic rings. The fraction of sp³-hybridized carbons (Fsp3) is 0.583. The Morgan fingerprint density at radius 3 is 2.29 bits per heavy atom. The minimum atomic E-state index is -4.20. The Hall–Kier alpha value is -2.06. The van der Waals surface area contributed by atoms with Crippen LogP contribution in [0.1, 0.15) is 26.2 Å². The summed E-state index contributed by atoms with van der Waals surface area (Å²) in [6.45, 7) is 2.57. The van der Waals surface area contributed by atoms with Crippen molar-refractivity contribution in [1.82, 2.24) is 4.98 Å². The Morgan fingerprint density at radius 1 is 1.24 bits per heavy atom. The number of nitro groups is 1. The van der Waals surface area contributed by atoms with Crippen molar-refractivity contribution in [2.24, 2.45) is 0 Å². The van der Waals surface area contributed by atoms with Gasteiger partial charge in [-0.15, -0.1) is 0 Å². The molecule has 0 unspecified atom stereocenters. The number of hydrogen-bond acceptors (Lipinski definition) is 5. The Labute approximate surface area is 119 Å². The van der Waals surface area contributed by atoms with Gasteiger partial charge in [0.25, 0.3) is 5.69 Å². The number of nitrogens with one attached hydrogen (secondary N) is 2. The number of nitrogens with zero attached hydrogens (tertiary/aromatic N) is 2. The molecule has 2 N–H and O–H groups in total. The van der Waals surface area contributed by atoms with E-state index in [1.54, 1.807) is 0 Å². The number of pyridine rings is 1. The lowest BCUT2D eigenvalue weighted by atomic mass is 10.3. The van der Waals surface area contributed by atoms with E-state index in [-0.39, 0.29) is 24.5 Å². The molecule has 0 aliphatic heterocycles. The molecule has 118 valence electrons. The second-order valence-corrected chi connectivity index (χ2v) is 4.43. The standard InChI is InChI=1S/C12H17F3N4O2/c1-2-5-16-10-7-9(19(20)21)8-11(18-10)17-6-3-4-12(13,14)15/h7-8H,2-6H2,1H3,(H2,16,17,18). The van der Waals surface area contributed by atoms with Crippen molar-refractivity contribution < 1.29 is 18.1 Å². The topological polar surface area (TPSA) is 80.1 Å². The summed E-state index contributed by atoms with van der Waals surface area (Å²) in [5.74, 6) is 0.509. The molecule has 0 amide bonds. The van der Waals surface area contributed by atoms with Gasteiger partial charge in [0, 0.05) is 19.5 Å². The van der Waals surface area contributed by atoms with Crippen molar-refractivity contribution in [3.05, 3.63) is 22.2 Å². The number of aromatic nitrogens is 1. The van der Waals surface area contributed by atoms with E-state index in [4.69, 9.17) is 0 Å². The molecule has 6 nitrogen and oxygen atoms in total. The van der Waals surface area contributed by atoms with Crippen LogP contribution < -0.4 is 10.6 Å². The molecule has 1 rings (SSSR count). The van der Waals surface area contributed by atoms with Crippen LogP contribution >= 0.6 is 0 Å². The summed E-state index contributed by atoms with van der Waals surface area (Å²) in [6.07, 6.45) is -4.41. The van der Waals surface area contributed by atoms with Crippen LogP contribution in [0.2, 0.25) is 0 Å². The van der Waals surface area contributed by atoms with E-state index in [2.05, 4.69) is 15.6 Å². The summed E-state index contributed by atoms with van der Waals surface area (Å²) >= 11 is 0. The van der Waals surface area contributed by atoms with E-state index in [0.29, 0.717) is 12.4 Å². The number of rotatable bonds is 8. The Bertz CT molecular complexity index is 480. The first-order valence-corrected chi connectivity index (χ1v) is 6.53. The van der Waals surface area contributed by atoms with Crippen molar-refractivity contribution in [1.29, 1.82) is 0 Å². The summed E-state index contributed by atoms with van der Waals surface area (Å²) in [5, 5.41) is 16.4. The lowest BCUT2D eigenvalue weighted by Gasteiger charge is -2.10. The molecule has 0 saturated carbocycles. The molecule has 0 aliphatic carbocycles. The normalized spacial score (nSPS) is 11.2. The fourth-order valence-electron chi connectivity index (χ4n) is 1.56. The number of alkyl halides is 3. The maximum atomic E-state index is 12.0. The third-order valence-corrected chi connectivity index (χ3v) is 2.52. The molecule has 0 atom stereocenters. The van der Waals surface area contributed by atoms with E-state index < -0.39 is 17.5 Å². The molecule has 0 radical (unpaired) electrons. The van der Waals surface area contributed by atoms with Crippen LogP contribution in [0, 0.1) is 10.1 Å². The third kappa shape index (κ3) is 6.77. The van der Waals surface area contributed by atoms with E-state index in [1.165, 1.54) is 12.1 Å². The van der Waals surface area contributed by atoms with Crippen molar-refractivity contribution in [2.45, 2.75) is 32.4 Å². The van der Waals surface area contributed by atoms with Gasteiger partial charge in [-0.3, -0.25) is 10.1 Å². The molecule has 0 fully saturated rings. The fourth-order valence-corrected chi connectivity index (χ4v) is 1.56. The van der Waals surface area contributed by atoms with Gasteiger partial charge in [-0.25, -0.2) is 4.98 Å². The second kappa shape index (κ2) is 7.65. The van der Waals surface area contributed by atoms with Crippen LogP contribution in [-0.4, -0.2) is 29.2 Å². The van der Waals surface area contributed by atoms with Gasteiger partial charge in [0.15, 0.2) is 0 Å². The molecular formula is C12H17F3N4O2. The lowest BCUT2D eigenvalue weighted by molar-refractivity contribution is -0.384. The Kier molecular flexibility index (Phi) is 6.19. The highest BCUT2D eigenvalue weighted by Gasteiger charge is 2.25. The summed E-state index contributed by atoms with van der Waals surface area (Å²) in [5.41, 5.74) is -0.165. The van der Waals surface area contributed by atoms with Crippen LogP contribution in [-0.2, 0) is 0 Å². The van der Waals surface area contributed by atoms with Gasteiger partial charge in [0.05, 0.1) is 17.1 Å². The van der Waals surface area contributed by atoms with Crippen LogP contribution in [0.4, 0.5) is 30.5 Å². The molecule has 0 spiro atoms. The molecule has 21 heavy (non-hydrogen) atoms. The zero-order valence-electron chi connectivity index (χ0n) is 11.5. The molecule has 1 heterocycles. The molecule has 1 aromatic heterocycles. The van der Waals surface area contributed by atoms with Gasteiger partial charge < -0.3 is 10.6 Å². The quantitative estimate of drug-likeness (QED) is 0.436. The Balaban J connectivity index is 2.67. The van der Waals surface area contributed by atoms with Gasteiger partial charge in [-0.2, -0.15) is 13.2 Å². The first-order chi connectivity index (χ1) is 9.81. The highest BCUT2D eigenvalue weighted by molar-refractivity contribution is 5.54. The largest absolute Gasteiger partial charge is 0.389 e. The SMILES string of the molecule is CCCNc1cc([N+](=O)[O-])cc(NCCCC(F)(F)F)n1. The first-order valence-electron chi connectivity index (χ1n) is 6.53. The maximum absolute atomic E-state index is 12.0. The lowest BCUT2D eigenvalue weighted by Crippen LogP contribution is -2.12. The number of halogens is 3. The molecule has 0 saturated heterocycles. The average molecular weight is 306 g/mol. The van der Waals surface area contributed by atoms with Crippen molar-refractivity contribution >= 4 is 17.3 Å². The van der Waals surface area contributed by atoms with Gasteiger partial charge in [0.1, 0.15) is 11.6 Å². The van der Waals surface area contributed by atoms with Gasteiger partial charge >= 0.3 is 6.18 Å². The Morgan fingerprint density at radius 2 is 1.81 bits per heavy atom. The monoisotopic (exact) mass is 306 g/mol. The van der Waals surface area contributed by atoms with Gasteiger partial charge in [-0.1, -0.05) is 6.92 Å². The minimum absolute atomic E-state index is 0.0426. The minimum Gasteiger partial charge on any atom is -0.370 e. The first kappa shape index (κ1) is 17.0. The molecule has 0 aliphatic rings. The smallest absolute Gasteiger partial charge is 0.370 e. The van der Waals surface area contributed by atoms with Crippen LogP contribution in [0.3, 0.4) is 0 Å². The van der Waals surface area contributed by atoms with Crippen LogP contribution in [0.5, 0.6) is 0 Å². The predicted molar refractivity (Wildman–Crippen MR) is 73.5 cm³/mol. The zero-order chi connectivity index (χ0) is 15.9. The van der Waals surface area contributed by atoms with Crippen LogP contribution in [0.25, 0.3) is 0 Å². The highest BCUT2D eigenvalue weighted by Crippen LogP contribution is 2.23. The second-order valence-electron chi connectivity index (χ2n) is 4.43. The molecule has 9 heteroatoms. The maximum Gasteiger partial charge on any atom is 0.389 e. The van der Waals surface area contributed by atoms with Crippen LogP contribution in [0.15, 0.2) is 12.1 Å². The summed E-state index contributed by atoms with van der Waals surface area (Å²) in [4.78, 5) is 14.3. The van der Waals surface area contributed by atoms with E-state index >= 15 is 0 Å². The summed E-state index contributed by atoms with van der Waals surface area (Å²) < 4.78 is 36.0. The molecular weight excluding hydrogens is 289 g/mol. The van der Waals surface area contributed by atoms with E-state index in [0.717, 1.165) is 6.42 Å². The van der Waals surface area contributed by atoms with Gasteiger partial charge in [-0.05, 0) is 12.8 Å². The van der Waals surface area contributed by atoms with Crippen molar-refractivity contribution in [2.75, 3.05) is 23.7 Å². The molecule has 0 bridgehead atoms. The summed E-state index contributed by atoms with van der Waals surface area (Å²) in [6, 6.07) is 2.49. The number of anilines is 2. The number of hydrogen-bond donors (Lipinski definition) is 2. The third-order valence-electron chi connectivity index (χ3n) is 2.52. The van der Waals surface area contributed by atoms with Gasteiger partial charge in [0.2, 0.25) is 0 Å². The van der Waals surface area contributed by atoms with E-state index in [1.807, 2.05) is 6.92 Å². The average Bonchev–Trinajstić information content (AvgIpc) is 2.40. The highest BCUT2D eigenvalue weighted by atomic mass is 19.4. The van der Waals surface area contributed by atoms with Crippen molar-refractivity contribution in [3.8, 4) is 0 Å². The van der Waals surface area contributed by atoms with E-state index in [9.17, 15) is 23.3 Å².